The van der Waals surface area contributed by atoms with E-state index in [1.54, 1.807) is 28.8 Å². The smallest absolute Gasteiger partial charge is 0.260 e. The van der Waals surface area contributed by atoms with Crippen molar-refractivity contribution in [1.82, 2.24) is 9.29 Å². The second-order valence-electron chi connectivity index (χ2n) is 8.61. The molecular weight excluding hydrogens is 523 g/mol. The highest BCUT2D eigenvalue weighted by Crippen LogP contribution is 2.35. The number of nitrogens with zero attached hydrogens (tertiary/aromatic N) is 3. The Hall–Kier alpha value is -2.72. The summed E-state index contributed by atoms with van der Waals surface area (Å²) in [6.07, 6.45) is 3.49. The van der Waals surface area contributed by atoms with Gasteiger partial charge in [0.2, 0.25) is 10.0 Å². The predicted octanol–water partition coefficient (Wildman–Crippen LogP) is 6.68. The Morgan fingerprint density at radius 2 is 1.59 bits per heavy atom. The lowest BCUT2D eigenvalue weighted by molar-refractivity contribution is 0.0985. The molecule has 3 aromatic carbocycles. The summed E-state index contributed by atoms with van der Waals surface area (Å²) in [6, 6.07) is 22.1. The summed E-state index contributed by atoms with van der Waals surface area (Å²) in [4.78, 5) is 21.6. The minimum atomic E-state index is -3.62. The van der Waals surface area contributed by atoms with Crippen LogP contribution in [0, 0.1) is 0 Å². The van der Waals surface area contributed by atoms with Crippen LogP contribution in [0.2, 0.25) is 0 Å². The summed E-state index contributed by atoms with van der Waals surface area (Å²) in [5.41, 5.74) is 2.28. The van der Waals surface area contributed by atoms with Crippen LogP contribution in [0.15, 0.2) is 82.6 Å². The minimum absolute atomic E-state index is 0.199. The van der Waals surface area contributed by atoms with Crippen LogP contribution < -0.4 is 4.90 Å². The van der Waals surface area contributed by atoms with Crippen LogP contribution in [0.3, 0.4) is 0 Å². The number of rotatable bonds is 11. The van der Waals surface area contributed by atoms with Crippen LogP contribution in [-0.4, -0.2) is 43.0 Å². The number of carbonyl (C=O) groups excluding carboxylic acids is 1. The molecule has 0 unspecified atom stereocenters. The van der Waals surface area contributed by atoms with Gasteiger partial charge < -0.3 is 0 Å². The number of fused-ring (bicyclic) bond motifs is 1. The van der Waals surface area contributed by atoms with Gasteiger partial charge in [-0.1, -0.05) is 61.6 Å². The van der Waals surface area contributed by atoms with Crippen molar-refractivity contribution in [2.24, 2.45) is 0 Å². The van der Waals surface area contributed by atoms with Gasteiger partial charge in [0, 0.05) is 23.5 Å². The molecule has 0 bridgehead atoms. The highest BCUT2D eigenvalue weighted by molar-refractivity contribution is 7.98. The summed E-state index contributed by atoms with van der Waals surface area (Å²) in [7, 11) is -3.62. The molecule has 0 aliphatic rings. The quantitative estimate of drug-likeness (QED) is 0.194. The Morgan fingerprint density at radius 3 is 2.22 bits per heavy atom. The van der Waals surface area contributed by atoms with Crippen molar-refractivity contribution in [2.45, 2.75) is 43.0 Å². The van der Waals surface area contributed by atoms with Gasteiger partial charge in [-0.3, -0.25) is 9.69 Å². The zero-order valence-corrected chi connectivity index (χ0v) is 23.7. The zero-order chi connectivity index (χ0) is 26.4. The van der Waals surface area contributed by atoms with E-state index in [9.17, 15) is 13.2 Å². The van der Waals surface area contributed by atoms with E-state index >= 15 is 0 Å². The van der Waals surface area contributed by atoms with Gasteiger partial charge in [-0.25, -0.2) is 13.4 Å². The van der Waals surface area contributed by atoms with Crippen LogP contribution in [0.5, 0.6) is 0 Å². The van der Waals surface area contributed by atoms with Crippen LogP contribution in [0.25, 0.3) is 10.2 Å². The molecule has 6 nitrogen and oxygen atoms in total. The maximum atomic E-state index is 13.8. The number of sulfonamides is 1. The van der Waals surface area contributed by atoms with E-state index in [1.807, 2.05) is 68.6 Å². The Morgan fingerprint density at radius 1 is 0.919 bits per heavy atom. The Bertz CT molecular complexity index is 1450. The normalized spacial score (nSPS) is 11.8. The van der Waals surface area contributed by atoms with Gasteiger partial charge in [0.05, 0.1) is 21.7 Å². The maximum Gasteiger partial charge on any atom is 0.260 e. The fourth-order valence-electron chi connectivity index (χ4n) is 4.11. The van der Waals surface area contributed by atoms with Crippen LogP contribution in [0.1, 0.15) is 42.6 Å². The number of carbonyl (C=O) groups is 1. The highest BCUT2D eigenvalue weighted by atomic mass is 32.2. The first-order valence-corrected chi connectivity index (χ1v) is 15.8. The van der Waals surface area contributed by atoms with Gasteiger partial charge in [0.25, 0.3) is 5.91 Å². The Balaban J connectivity index is 1.69. The lowest BCUT2D eigenvalue weighted by Crippen LogP contribution is -2.33. The predicted molar refractivity (Wildman–Crippen MR) is 154 cm³/mol. The van der Waals surface area contributed by atoms with Gasteiger partial charge in [-0.05, 0) is 61.1 Å². The van der Waals surface area contributed by atoms with E-state index in [-0.39, 0.29) is 10.8 Å². The molecule has 1 heterocycles. The first-order chi connectivity index (χ1) is 17.9. The summed E-state index contributed by atoms with van der Waals surface area (Å²) in [5.74, 6) is -0.225. The second-order valence-corrected chi connectivity index (χ2v) is 12.4. The molecule has 0 aliphatic carbocycles. The molecule has 4 rings (SSSR count). The third-order valence-electron chi connectivity index (χ3n) is 5.94. The number of amides is 1. The molecule has 0 spiro atoms. The van der Waals surface area contributed by atoms with E-state index in [0.717, 1.165) is 33.5 Å². The third-order valence-corrected chi connectivity index (χ3v) is 9.66. The van der Waals surface area contributed by atoms with E-state index < -0.39 is 10.0 Å². The summed E-state index contributed by atoms with van der Waals surface area (Å²) in [6.45, 7) is 5.22. The number of thioether (sulfide) groups is 1. The first kappa shape index (κ1) is 27.3. The summed E-state index contributed by atoms with van der Waals surface area (Å²) >= 11 is 3.10. The number of aromatic nitrogens is 1. The monoisotopic (exact) mass is 553 g/mol. The lowest BCUT2D eigenvalue weighted by Gasteiger charge is -2.22. The second kappa shape index (κ2) is 12.2. The molecule has 37 heavy (non-hydrogen) atoms. The molecule has 0 aliphatic heterocycles. The topological polar surface area (TPSA) is 70.6 Å². The third kappa shape index (κ3) is 6.06. The molecule has 0 saturated heterocycles. The van der Waals surface area contributed by atoms with Crippen LogP contribution >= 0.6 is 23.1 Å². The zero-order valence-electron chi connectivity index (χ0n) is 21.3. The number of thiazole rings is 1. The molecule has 0 atom stereocenters. The average Bonchev–Trinajstić information content (AvgIpc) is 3.36. The number of anilines is 1. The maximum absolute atomic E-state index is 13.8. The van der Waals surface area contributed by atoms with Gasteiger partial charge in [0.15, 0.2) is 5.13 Å². The molecule has 0 fully saturated rings. The molecule has 0 radical (unpaired) electrons. The number of benzene rings is 3. The van der Waals surface area contributed by atoms with Gasteiger partial charge >= 0.3 is 0 Å². The van der Waals surface area contributed by atoms with Gasteiger partial charge in [-0.2, -0.15) is 4.31 Å². The van der Waals surface area contributed by atoms with Crippen molar-refractivity contribution >= 4 is 54.4 Å². The van der Waals surface area contributed by atoms with E-state index in [0.29, 0.717) is 30.3 Å². The van der Waals surface area contributed by atoms with Crippen molar-refractivity contribution < 1.29 is 13.2 Å². The summed E-state index contributed by atoms with van der Waals surface area (Å²) < 4.78 is 28.9. The standard InChI is InChI=1S/C28H31N3O3S3/c1-4-18-30(19-5-2)37(33,34)23-16-14-22(15-17-23)27(32)31(20-21-10-7-6-8-11-21)28-29-26-24(35-3)12-9-13-25(26)36-28/h6-17H,4-5,18-20H2,1-3H3. The fraction of sp³-hybridized carbons (Fsp3) is 0.286. The Labute approximate surface area is 227 Å². The van der Waals surface area contributed by atoms with E-state index in [4.69, 9.17) is 4.98 Å². The molecule has 1 aromatic heterocycles. The van der Waals surface area contributed by atoms with E-state index in [1.165, 1.54) is 27.8 Å². The SMILES string of the molecule is CCCN(CCC)S(=O)(=O)c1ccc(C(=O)N(Cc2ccccc2)c2nc3c(SC)cccc3s2)cc1. The van der Waals surface area contributed by atoms with Crippen molar-refractivity contribution in [2.75, 3.05) is 24.2 Å². The highest BCUT2D eigenvalue weighted by Gasteiger charge is 2.26. The van der Waals surface area contributed by atoms with Crippen LogP contribution in [0.4, 0.5) is 5.13 Å². The molecule has 0 N–H and O–H groups in total. The van der Waals surface area contributed by atoms with Gasteiger partial charge in [-0.15, -0.1) is 11.8 Å². The van der Waals surface area contributed by atoms with Crippen LogP contribution in [-0.2, 0) is 16.6 Å². The van der Waals surface area contributed by atoms with E-state index in [2.05, 4.69) is 0 Å². The van der Waals surface area contributed by atoms with Crippen molar-refractivity contribution in [1.29, 1.82) is 0 Å². The largest absolute Gasteiger partial charge is 0.279 e. The van der Waals surface area contributed by atoms with Crippen molar-refractivity contribution in [3.63, 3.8) is 0 Å². The molecule has 1 amide bonds. The Kier molecular flexibility index (Phi) is 9.02. The number of para-hydroxylation sites is 1. The molecule has 194 valence electrons. The molecular formula is C28H31N3O3S3. The van der Waals surface area contributed by atoms with Crippen molar-refractivity contribution in [3.8, 4) is 0 Å². The molecule has 0 saturated carbocycles. The minimum Gasteiger partial charge on any atom is -0.279 e. The number of hydrogen-bond donors (Lipinski definition) is 0. The first-order valence-electron chi connectivity index (χ1n) is 12.3. The summed E-state index contributed by atoms with van der Waals surface area (Å²) in [5, 5.41) is 0.610. The molecule has 4 aromatic rings. The average molecular weight is 554 g/mol. The van der Waals surface area contributed by atoms with Crippen molar-refractivity contribution in [3.05, 3.63) is 83.9 Å². The lowest BCUT2D eigenvalue weighted by atomic mass is 10.1. The fourth-order valence-corrected chi connectivity index (χ4v) is 7.35. The molecule has 9 heteroatoms. The number of hydrogen-bond acceptors (Lipinski definition) is 6. The van der Waals surface area contributed by atoms with Gasteiger partial charge in [0.1, 0.15) is 0 Å².